The number of nitrogens with zero attached hydrogens (tertiary/aromatic N) is 2. The van der Waals surface area contributed by atoms with E-state index in [-0.39, 0.29) is 24.4 Å². The third kappa shape index (κ3) is 3.87. The molecule has 0 radical (unpaired) electrons. The van der Waals surface area contributed by atoms with Crippen LogP contribution in [0, 0.1) is 5.92 Å². The molecule has 1 saturated carbocycles. The topological polar surface area (TPSA) is 72.9 Å². The summed E-state index contributed by atoms with van der Waals surface area (Å²) in [7, 11) is 0. The maximum Gasteiger partial charge on any atom is 0.224 e. The number of carbonyl (C=O) groups excluding carboxylic acids is 1. The van der Waals surface area contributed by atoms with Crippen LogP contribution < -0.4 is 11.1 Å². The van der Waals surface area contributed by atoms with Crippen LogP contribution in [0.25, 0.3) is 5.69 Å². The highest BCUT2D eigenvalue weighted by Gasteiger charge is 2.25. The average molecular weight is 321 g/mol. The first-order chi connectivity index (χ1) is 10.2. The third-order valence-electron chi connectivity index (χ3n) is 4.09. The highest BCUT2D eigenvalue weighted by atomic mass is 35.5. The van der Waals surface area contributed by atoms with Crippen LogP contribution >= 0.6 is 12.4 Å². The Bertz CT molecular complexity index is 597. The second-order valence-electron chi connectivity index (χ2n) is 5.60. The average Bonchev–Trinajstić information content (AvgIpc) is 3.12. The molecule has 3 rings (SSSR count). The van der Waals surface area contributed by atoms with E-state index >= 15 is 0 Å². The maximum atomic E-state index is 12.0. The molecule has 1 aliphatic carbocycles. The molecule has 1 fully saturated rings. The van der Waals surface area contributed by atoms with Gasteiger partial charge in [-0.25, -0.2) is 4.68 Å². The molecule has 0 saturated heterocycles. The van der Waals surface area contributed by atoms with Crippen molar-refractivity contribution in [1.29, 1.82) is 0 Å². The summed E-state index contributed by atoms with van der Waals surface area (Å²) >= 11 is 0. The van der Waals surface area contributed by atoms with Gasteiger partial charge in [0.25, 0.3) is 0 Å². The summed E-state index contributed by atoms with van der Waals surface area (Å²) in [6.07, 6.45) is 7.37. The van der Waals surface area contributed by atoms with Gasteiger partial charge in [0.2, 0.25) is 5.91 Å². The van der Waals surface area contributed by atoms with Crippen molar-refractivity contribution in [2.24, 2.45) is 11.7 Å². The van der Waals surface area contributed by atoms with E-state index in [0.29, 0.717) is 12.3 Å². The van der Waals surface area contributed by atoms with Gasteiger partial charge >= 0.3 is 0 Å². The molecule has 1 amide bonds. The molecule has 1 aromatic heterocycles. The van der Waals surface area contributed by atoms with Crippen LogP contribution in [0.5, 0.6) is 0 Å². The number of hydrogen-bond acceptors (Lipinski definition) is 3. The van der Waals surface area contributed by atoms with Crippen molar-refractivity contribution in [3.63, 3.8) is 0 Å². The Balaban J connectivity index is 0.00000176. The zero-order valence-corrected chi connectivity index (χ0v) is 13.1. The van der Waals surface area contributed by atoms with Gasteiger partial charge in [-0.15, -0.1) is 12.4 Å². The van der Waals surface area contributed by atoms with Crippen LogP contribution in [0.4, 0.5) is 5.69 Å². The molecule has 1 heterocycles. The predicted octanol–water partition coefficient (Wildman–Crippen LogP) is 2.75. The molecule has 1 aromatic carbocycles. The molecule has 0 unspecified atom stereocenters. The van der Waals surface area contributed by atoms with Gasteiger partial charge in [-0.3, -0.25) is 4.79 Å². The van der Waals surface area contributed by atoms with Crippen molar-refractivity contribution in [1.82, 2.24) is 9.78 Å². The van der Waals surface area contributed by atoms with E-state index < -0.39 is 0 Å². The number of benzene rings is 1. The van der Waals surface area contributed by atoms with Gasteiger partial charge in [-0.2, -0.15) is 5.10 Å². The maximum absolute atomic E-state index is 12.0. The van der Waals surface area contributed by atoms with Crippen molar-refractivity contribution >= 4 is 24.0 Å². The smallest absolute Gasteiger partial charge is 0.224 e. The summed E-state index contributed by atoms with van der Waals surface area (Å²) in [4.78, 5) is 12.0. The van der Waals surface area contributed by atoms with Crippen LogP contribution in [0.1, 0.15) is 25.7 Å². The van der Waals surface area contributed by atoms with Crippen molar-refractivity contribution in [3.8, 4) is 5.69 Å². The van der Waals surface area contributed by atoms with Crippen LogP contribution in [-0.2, 0) is 4.79 Å². The van der Waals surface area contributed by atoms with Crippen LogP contribution in [0.2, 0.25) is 0 Å². The Hall–Kier alpha value is -1.85. The Morgan fingerprint density at radius 1 is 1.32 bits per heavy atom. The van der Waals surface area contributed by atoms with Crippen molar-refractivity contribution in [3.05, 3.63) is 42.7 Å². The van der Waals surface area contributed by atoms with Crippen molar-refractivity contribution in [2.75, 3.05) is 5.32 Å². The normalized spacial score (nSPS) is 20.4. The molecule has 6 heteroatoms. The molecular weight excluding hydrogens is 300 g/mol. The number of hydrogen-bond donors (Lipinski definition) is 2. The van der Waals surface area contributed by atoms with Crippen molar-refractivity contribution in [2.45, 2.75) is 31.7 Å². The van der Waals surface area contributed by atoms with Gasteiger partial charge < -0.3 is 11.1 Å². The summed E-state index contributed by atoms with van der Waals surface area (Å²) in [5, 5.41) is 7.11. The monoisotopic (exact) mass is 320 g/mol. The summed E-state index contributed by atoms with van der Waals surface area (Å²) in [6, 6.07) is 9.71. The number of aromatic nitrogens is 2. The lowest BCUT2D eigenvalue weighted by Crippen LogP contribution is -2.28. The number of amides is 1. The van der Waals surface area contributed by atoms with Gasteiger partial charge in [-0.1, -0.05) is 6.42 Å². The summed E-state index contributed by atoms with van der Waals surface area (Å²) in [5.74, 6) is 0.373. The quantitative estimate of drug-likeness (QED) is 0.909. The molecule has 0 bridgehead atoms. The fourth-order valence-corrected chi connectivity index (χ4v) is 2.89. The number of nitrogens with one attached hydrogen (secondary N) is 1. The van der Waals surface area contributed by atoms with Gasteiger partial charge in [-0.05, 0) is 49.1 Å². The van der Waals surface area contributed by atoms with E-state index in [9.17, 15) is 4.79 Å². The first kappa shape index (κ1) is 16.5. The molecule has 2 aromatic rings. The van der Waals surface area contributed by atoms with E-state index in [2.05, 4.69) is 10.4 Å². The minimum absolute atomic E-state index is 0. The second kappa shape index (κ2) is 7.42. The number of anilines is 1. The van der Waals surface area contributed by atoms with E-state index in [4.69, 9.17) is 5.73 Å². The number of nitrogens with two attached hydrogens (primary N) is 1. The summed E-state index contributed by atoms with van der Waals surface area (Å²) < 4.78 is 1.78. The minimum Gasteiger partial charge on any atom is -0.327 e. The molecule has 1 aliphatic rings. The fourth-order valence-electron chi connectivity index (χ4n) is 2.89. The van der Waals surface area contributed by atoms with Crippen molar-refractivity contribution < 1.29 is 4.79 Å². The standard InChI is InChI=1S/C16H20N4O.ClH/c17-15-4-1-3-12(15)11-16(21)19-13-5-7-14(8-6-13)20-10-2-9-18-20;/h2,5-10,12,15H,1,3-4,11,17H2,(H,19,21);1H/t12-,15+;/m0./s1. The Morgan fingerprint density at radius 3 is 2.68 bits per heavy atom. The first-order valence-electron chi connectivity index (χ1n) is 7.38. The Kier molecular flexibility index (Phi) is 5.57. The zero-order chi connectivity index (χ0) is 14.7. The van der Waals surface area contributed by atoms with Crippen LogP contribution in [-0.4, -0.2) is 21.7 Å². The zero-order valence-electron chi connectivity index (χ0n) is 12.3. The lowest BCUT2D eigenvalue weighted by molar-refractivity contribution is -0.117. The van der Waals surface area contributed by atoms with Crippen LogP contribution in [0.3, 0.4) is 0 Å². The molecule has 22 heavy (non-hydrogen) atoms. The first-order valence-corrected chi connectivity index (χ1v) is 7.38. The summed E-state index contributed by atoms with van der Waals surface area (Å²) in [6.45, 7) is 0. The molecule has 5 nitrogen and oxygen atoms in total. The minimum atomic E-state index is 0. The van der Waals surface area contributed by atoms with Gasteiger partial charge in [0.05, 0.1) is 5.69 Å². The van der Waals surface area contributed by atoms with Gasteiger partial charge in [0.15, 0.2) is 0 Å². The summed E-state index contributed by atoms with van der Waals surface area (Å²) in [5.41, 5.74) is 7.78. The Labute approximate surface area is 136 Å². The molecular formula is C16H21ClN4O. The predicted molar refractivity (Wildman–Crippen MR) is 89.4 cm³/mol. The third-order valence-corrected chi connectivity index (χ3v) is 4.09. The van der Waals surface area contributed by atoms with E-state index in [1.807, 2.05) is 36.5 Å². The molecule has 2 atom stereocenters. The number of halogens is 1. The number of rotatable bonds is 4. The van der Waals surface area contributed by atoms with E-state index in [1.54, 1.807) is 10.9 Å². The highest BCUT2D eigenvalue weighted by Crippen LogP contribution is 2.27. The SMILES string of the molecule is Cl.N[C@@H]1CCC[C@H]1CC(=O)Nc1ccc(-n2cccn2)cc1. The van der Waals surface area contributed by atoms with E-state index in [0.717, 1.165) is 30.6 Å². The molecule has 3 N–H and O–H groups in total. The molecule has 0 spiro atoms. The van der Waals surface area contributed by atoms with Crippen LogP contribution in [0.15, 0.2) is 42.7 Å². The molecule has 118 valence electrons. The lowest BCUT2D eigenvalue weighted by atomic mass is 10.00. The molecule has 0 aliphatic heterocycles. The Morgan fingerprint density at radius 2 is 2.09 bits per heavy atom. The fraction of sp³-hybridized carbons (Fsp3) is 0.375. The largest absolute Gasteiger partial charge is 0.327 e. The number of carbonyl (C=O) groups is 1. The second-order valence-corrected chi connectivity index (χ2v) is 5.60. The lowest BCUT2D eigenvalue weighted by Gasteiger charge is -2.14. The van der Waals surface area contributed by atoms with Gasteiger partial charge in [0.1, 0.15) is 0 Å². The van der Waals surface area contributed by atoms with E-state index in [1.165, 1.54) is 0 Å². The van der Waals surface area contributed by atoms with Gasteiger partial charge in [0, 0.05) is 30.5 Å². The highest BCUT2D eigenvalue weighted by molar-refractivity contribution is 5.91.